The van der Waals surface area contributed by atoms with Gasteiger partial charge in [-0.15, -0.1) is 0 Å². The monoisotopic (exact) mass is 380 g/mol. The van der Waals surface area contributed by atoms with Crippen LogP contribution in [0.3, 0.4) is 0 Å². The molecular formula is C17H23BrN3O2+. The van der Waals surface area contributed by atoms with Crippen molar-refractivity contribution in [3.05, 3.63) is 28.7 Å². The van der Waals surface area contributed by atoms with Crippen molar-refractivity contribution in [1.29, 1.82) is 5.26 Å². The molecule has 0 spiro atoms. The molecule has 1 aromatic rings. The molecule has 0 radical (unpaired) electrons. The van der Waals surface area contributed by atoms with Crippen LogP contribution in [0.4, 0.5) is 0 Å². The molecule has 1 unspecified atom stereocenters. The van der Waals surface area contributed by atoms with E-state index in [1.54, 1.807) is 0 Å². The van der Waals surface area contributed by atoms with Gasteiger partial charge in [0.15, 0.2) is 6.54 Å². The first-order valence-corrected chi connectivity index (χ1v) is 8.64. The van der Waals surface area contributed by atoms with Crippen LogP contribution in [0.1, 0.15) is 19.8 Å². The van der Waals surface area contributed by atoms with E-state index in [9.17, 15) is 10.1 Å². The fraction of sp³-hybridized carbons (Fsp3) is 0.529. The van der Waals surface area contributed by atoms with Crippen molar-refractivity contribution in [3.8, 4) is 11.8 Å². The first kappa shape index (κ1) is 17.8. The number of likely N-dealkylation sites (N-methyl/N-ethyl adjacent to an activating group) is 1. The van der Waals surface area contributed by atoms with Crippen molar-refractivity contribution in [2.24, 2.45) is 5.92 Å². The van der Waals surface area contributed by atoms with Crippen molar-refractivity contribution in [3.63, 3.8) is 0 Å². The zero-order chi connectivity index (χ0) is 16.9. The van der Waals surface area contributed by atoms with Crippen LogP contribution in [0.25, 0.3) is 0 Å². The minimum absolute atomic E-state index is 0.0814. The van der Waals surface area contributed by atoms with Crippen LogP contribution in [0, 0.1) is 17.2 Å². The molecular weight excluding hydrogens is 358 g/mol. The number of quaternary nitrogens is 1. The van der Waals surface area contributed by atoms with Crippen LogP contribution >= 0.6 is 15.9 Å². The zero-order valence-corrected chi connectivity index (χ0v) is 15.1. The standard InChI is InChI=1S/C17H22BrN3O2/c1-17(12-19,13-3-4-13)20-16(22)11-21(2)9-10-23-15-7-5-14(18)6-8-15/h5-8,13H,3-4,9-11H2,1-2H3,(H,20,22)/p+1/t17-/m1/s1. The van der Waals surface area contributed by atoms with E-state index in [1.165, 1.54) is 0 Å². The molecule has 124 valence electrons. The molecule has 1 amide bonds. The van der Waals surface area contributed by atoms with Gasteiger partial charge in [-0.05, 0) is 49.9 Å². The second-order valence-corrected chi connectivity index (χ2v) is 7.24. The Morgan fingerprint density at radius 3 is 2.70 bits per heavy atom. The first-order chi connectivity index (χ1) is 10.9. The molecule has 0 saturated heterocycles. The maximum atomic E-state index is 12.1. The summed E-state index contributed by atoms with van der Waals surface area (Å²) in [6.45, 7) is 3.41. The van der Waals surface area contributed by atoms with Crippen LogP contribution in [0.15, 0.2) is 28.7 Å². The Bertz CT molecular complexity index is 580. The van der Waals surface area contributed by atoms with Crippen molar-refractivity contribution >= 4 is 21.8 Å². The summed E-state index contributed by atoms with van der Waals surface area (Å²) in [5.74, 6) is 1.04. The van der Waals surface area contributed by atoms with Crippen molar-refractivity contribution in [1.82, 2.24) is 5.32 Å². The number of benzene rings is 1. The van der Waals surface area contributed by atoms with Gasteiger partial charge < -0.3 is 15.0 Å². The normalized spacial score (nSPS) is 17.7. The van der Waals surface area contributed by atoms with E-state index in [2.05, 4.69) is 27.3 Å². The highest BCUT2D eigenvalue weighted by molar-refractivity contribution is 9.10. The van der Waals surface area contributed by atoms with Gasteiger partial charge in [-0.1, -0.05) is 15.9 Å². The second-order valence-electron chi connectivity index (χ2n) is 6.32. The van der Waals surface area contributed by atoms with E-state index >= 15 is 0 Å². The lowest BCUT2D eigenvalue weighted by molar-refractivity contribution is -0.871. The fourth-order valence-electron chi connectivity index (χ4n) is 2.45. The van der Waals surface area contributed by atoms with E-state index in [0.717, 1.165) is 34.5 Å². The highest BCUT2D eigenvalue weighted by Gasteiger charge is 2.43. The molecule has 2 N–H and O–H groups in total. The number of amides is 1. The Kier molecular flexibility index (Phi) is 6.03. The van der Waals surface area contributed by atoms with Gasteiger partial charge in [0.1, 0.15) is 24.4 Å². The summed E-state index contributed by atoms with van der Waals surface area (Å²) in [6, 6.07) is 9.91. The molecule has 2 rings (SSSR count). The number of rotatable bonds is 8. The molecule has 23 heavy (non-hydrogen) atoms. The van der Waals surface area contributed by atoms with Gasteiger partial charge in [-0.25, -0.2) is 0 Å². The van der Waals surface area contributed by atoms with Gasteiger partial charge in [0.05, 0.1) is 13.1 Å². The first-order valence-electron chi connectivity index (χ1n) is 7.85. The largest absolute Gasteiger partial charge is 0.488 e. The molecule has 5 nitrogen and oxygen atoms in total. The predicted molar refractivity (Wildman–Crippen MR) is 91.1 cm³/mol. The summed E-state index contributed by atoms with van der Waals surface area (Å²) in [6.07, 6.45) is 2.04. The molecule has 0 heterocycles. The Balaban J connectivity index is 1.69. The maximum absolute atomic E-state index is 12.1. The lowest BCUT2D eigenvalue weighted by atomic mass is 9.98. The van der Waals surface area contributed by atoms with Gasteiger partial charge >= 0.3 is 0 Å². The molecule has 1 saturated carbocycles. The summed E-state index contributed by atoms with van der Waals surface area (Å²) in [5, 5.41) is 12.2. The molecule has 1 aliphatic carbocycles. The molecule has 0 aliphatic heterocycles. The number of hydrogen-bond acceptors (Lipinski definition) is 3. The van der Waals surface area contributed by atoms with Crippen LogP contribution in [-0.2, 0) is 4.79 Å². The summed E-state index contributed by atoms with van der Waals surface area (Å²) in [7, 11) is 1.95. The summed E-state index contributed by atoms with van der Waals surface area (Å²) >= 11 is 3.38. The number of nitrogens with one attached hydrogen (secondary N) is 2. The summed E-state index contributed by atoms with van der Waals surface area (Å²) in [5.41, 5.74) is -0.717. The lowest BCUT2D eigenvalue weighted by Gasteiger charge is -2.23. The van der Waals surface area contributed by atoms with Crippen molar-refractivity contribution < 1.29 is 14.4 Å². The number of carbonyl (C=O) groups excluding carboxylic acids is 1. The van der Waals surface area contributed by atoms with E-state index in [1.807, 2.05) is 38.2 Å². The number of nitrogens with zero attached hydrogens (tertiary/aromatic N) is 1. The third kappa shape index (κ3) is 5.52. The van der Waals surface area contributed by atoms with E-state index in [-0.39, 0.29) is 5.91 Å². The highest BCUT2D eigenvalue weighted by Crippen LogP contribution is 2.39. The highest BCUT2D eigenvalue weighted by atomic mass is 79.9. The van der Waals surface area contributed by atoms with Crippen LogP contribution in [0.5, 0.6) is 5.75 Å². The third-order valence-electron chi connectivity index (χ3n) is 4.10. The Hall–Kier alpha value is -1.58. The maximum Gasteiger partial charge on any atom is 0.276 e. The quantitative estimate of drug-likeness (QED) is 0.710. The number of hydrogen-bond donors (Lipinski definition) is 2. The number of carbonyl (C=O) groups is 1. The molecule has 0 bridgehead atoms. The van der Waals surface area contributed by atoms with E-state index < -0.39 is 5.54 Å². The van der Waals surface area contributed by atoms with E-state index in [4.69, 9.17) is 4.74 Å². The average molecular weight is 381 g/mol. The Labute approximate surface area is 145 Å². The summed E-state index contributed by atoms with van der Waals surface area (Å²) < 4.78 is 6.67. The summed E-state index contributed by atoms with van der Waals surface area (Å²) in [4.78, 5) is 13.2. The van der Waals surface area contributed by atoms with Crippen molar-refractivity contribution in [2.75, 3.05) is 26.7 Å². The van der Waals surface area contributed by atoms with Gasteiger partial charge in [0.2, 0.25) is 0 Å². The molecule has 0 aromatic heterocycles. The molecule has 2 atom stereocenters. The van der Waals surface area contributed by atoms with Gasteiger partial charge in [0.25, 0.3) is 5.91 Å². The van der Waals surface area contributed by atoms with Crippen LogP contribution in [0.2, 0.25) is 0 Å². The fourth-order valence-corrected chi connectivity index (χ4v) is 2.72. The zero-order valence-electron chi connectivity index (χ0n) is 13.6. The number of ether oxygens (including phenoxy) is 1. The predicted octanol–water partition coefficient (Wildman–Crippen LogP) is 1.15. The van der Waals surface area contributed by atoms with Crippen molar-refractivity contribution in [2.45, 2.75) is 25.3 Å². The molecule has 1 fully saturated rings. The molecule has 1 aromatic carbocycles. The molecule has 1 aliphatic rings. The number of halogens is 1. The lowest BCUT2D eigenvalue weighted by Crippen LogP contribution is -3.11. The number of nitriles is 1. The minimum atomic E-state index is -0.717. The van der Waals surface area contributed by atoms with Gasteiger partial charge in [-0.3, -0.25) is 4.79 Å². The van der Waals surface area contributed by atoms with Gasteiger partial charge in [-0.2, -0.15) is 5.26 Å². The topological polar surface area (TPSA) is 66.6 Å². The Morgan fingerprint density at radius 1 is 1.48 bits per heavy atom. The smallest absolute Gasteiger partial charge is 0.276 e. The minimum Gasteiger partial charge on any atom is -0.488 e. The SMILES string of the molecule is C[NH+](CCOc1ccc(Br)cc1)CC(=O)N[C@](C)(C#N)C1CC1. The third-order valence-corrected chi connectivity index (χ3v) is 4.63. The Morgan fingerprint density at radius 2 is 2.13 bits per heavy atom. The van der Waals surface area contributed by atoms with Gasteiger partial charge in [0, 0.05) is 4.47 Å². The average Bonchev–Trinajstić information content (AvgIpc) is 3.34. The second kappa shape index (κ2) is 7.80. The van der Waals surface area contributed by atoms with E-state index in [0.29, 0.717) is 19.1 Å². The van der Waals surface area contributed by atoms with Crippen LogP contribution in [-0.4, -0.2) is 38.2 Å². The molecule has 6 heteroatoms. The van der Waals surface area contributed by atoms with Crippen LogP contribution < -0.4 is 15.0 Å².